The van der Waals surface area contributed by atoms with Crippen molar-refractivity contribution in [2.24, 2.45) is 0 Å². The Kier molecular flexibility index (Phi) is 4.30. The number of hydrogen-bond acceptors (Lipinski definition) is 5. The first-order valence-corrected chi connectivity index (χ1v) is 12.7. The number of hydrogen-bond donors (Lipinski definition) is 0. The van der Waals surface area contributed by atoms with Crippen molar-refractivity contribution in [3.8, 4) is 33.9 Å². The Labute approximate surface area is 186 Å². The molecule has 0 spiro atoms. The molecule has 2 aliphatic rings. The zero-order valence-corrected chi connectivity index (χ0v) is 18.5. The zero-order valence-electron chi connectivity index (χ0n) is 17.6. The van der Waals surface area contributed by atoms with Gasteiger partial charge >= 0.3 is 0 Å². The number of pyridine rings is 2. The summed E-state index contributed by atoms with van der Waals surface area (Å²) in [5.41, 5.74) is 5.62. The van der Waals surface area contributed by atoms with Crippen LogP contribution in [0.2, 0.25) is 0 Å². The summed E-state index contributed by atoms with van der Waals surface area (Å²) in [6.07, 6.45) is 8.39. The van der Waals surface area contributed by atoms with Crippen LogP contribution in [0.25, 0.3) is 33.9 Å². The van der Waals surface area contributed by atoms with Crippen molar-refractivity contribution in [2.75, 3.05) is 6.26 Å². The molecule has 1 saturated carbocycles. The van der Waals surface area contributed by atoms with Gasteiger partial charge in [-0.15, -0.1) is 0 Å². The molecule has 1 aliphatic heterocycles. The summed E-state index contributed by atoms with van der Waals surface area (Å²) in [6, 6.07) is 17.4. The normalized spacial score (nSPS) is 19.3. The van der Waals surface area contributed by atoms with E-state index in [1.165, 1.54) is 31.3 Å². The summed E-state index contributed by atoms with van der Waals surface area (Å²) in [4.78, 5) is 14.5. The standard InChI is InChI=1S/C25H22N4O2S/c1-32(30,31)20-9-6-16(7-10-20)22-15-17(11-13-27-22)24-23(21-4-2-3-12-26-21)28-25-18-5-8-19(14-18)29(24)25/h2-4,6-7,9-13,15,18-19H,5,8,14H2,1H3/t18-,19+/m0/s1. The molecule has 1 aliphatic carbocycles. The molecule has 3 aromatic heterocycles. The van der Waals surface area contributed by atoms with Crippen molar-refractivity contribution in [3.05, 3.63) is 72.8 Å². The highest BCUT2D eigenvalue weighted by molar-refractivity contribution is 7.90. The summed E-state index contributed by atoms with van der Waals surface area (Å²) in [6.45, 7) is 0. The molecular weight excluding hydrogens is 420 g/mol. The van der Waals surface area contributed by atoms with Crippen LogP contribution in [-0.4, -0.2) is 34.2 Å². The third-order valence-corrected chi connectivity index (χ3v) is 7.72. The second-order valence-corrected chi connectivity index (χ2v) is 10.7. The molecule has 6 nitrogen and oxygen atoms in total. The minimum Gasteiger partial charge on any atom is -0.324 e. The van der Waals surface area contributed by atoms with Crippen LogP contribution in [0, 0.1) is 0 Å². The molecule has 2 bridgehead atoms. The third-order valence-electron chi connectivity index (χ3n) is 6.59. The Morgan fingerprint density at radius 3 is 2.47 bits per heavy atom. The van der Waals surface area contributed by atoms with E-state index >= 15 is 0 Å². The van der Waals surface area contributed by atoms with Crippen LogP contribution in [-0.2, 0) is 9.84 Å². The highest BCUT2D eigenvalue weighted by Gasteiger charge is 2.41. The molecule has 4 heterocycles. The van der Waals surface area contributed by atoms with Crippen LogP contribution in [0.4, 0.5) is 0 Å². The van der Waals surface area contributed by atoms with Crippen LogP contribution >= 0.6 is 0 Å². The molecule has 7 heteroatoms. The summed E-state index contributed by atoms with van der Waals surface area (Å²) < 4.78 is 26.0. The van der Waals surface area contributed by atoms with E-state index in [1.807, 2.05) is 42.6 Å². The molecule has 160 valence electrons. The van der Waals surface area contributed by atoms with Crippen LogP contribution < -0.4 is 0 Å². The molecule has 1 aromatic carbocycles. The summed E-state index contributed by atoms with van der Waals surface area (Å²) >= 11 is 0. The number of imidazole rings is 1. The fraction of sp³-hybridized carbons (Fsp3) is 0.240. The fourth-order valence-electron chi connectivity index (χ4n) is 5.10. The first kappa shape index (κ1) is 19.4. The molecule has 2 atom stereocenters. The molecular formula is C25H22N4O2S. The highest BCUT2D eigenvalue weighted by atomic mass is 32.2. The first-order valence-electron chi connectivity index (χ1n) is 10.8. The third kappa shape index (κ3) is 3.07. The quantitative estimate of drug-likeness (QED) is 0.449. The Balaban J connectivity index is 1.49. The van der Waals surface area contributed by atoms with Gasteiger partial charge in [-0.1, -0.05) is 18.2 Å². The average molecular weight is 443 g/mol. The van der Waals surface area contributed by atoms with Crippen molar-refractivity contribution < 1.29 is 8.42 Å². The lowest BCUT2D eigenvalue weighted by Gasteiger charge is -2.17. The summed E-state index contributed by atoms with van der Waals surface area (Å²) in [5, 5.41) is 0. The van der Waals surface area contributed by atoms with Crippen molar-refractivity contribution in [1.29, 1.82) is 0 Å². The van der Waals surface area contributed by atoms with Gasteiger partial charge in [0.1, 0.15) is 11.5 Å². The number of benzene rings is 1. The van der Waals surface area contributed by atoms with Crippen LogP contribution in [0.1, 0.15) is 37.0 Å². The molecule has 0 radical (unpaired) electrons. The molecule has 6 rings (SSSR count). The van der Waals surface area contributed by atoms with Gasteiger partial charge in [0.2, 0.25) is 0 Å². The van der Waals surface area contributed by atoms with Crippen LogP contribution in [0.5, 0.6) is 0 Å². The van der Waals surface area contributed by atoms with Gasteiger partial charge in [-0.2, -0.15) is 0 Å². The van der Waals surface area contributed by atoms with Gasteiger partial charge in [-0.3, -0.25) is 9.97 Å². The van der Waals surface area contributed by atoms with E-state index in [1.54, 1.807) is 18.3 Å². The van der Waals surface area contributed by atoms with E-state index in [2.05, 4.69) is 20.6 Å². The largest absolute Gasteiger partial charge is 0.324 e. The van der Waals surface area contributed by atoms with Crippen LogP contribution in [0.15, 0.2) is 71.9 Å². The van der Waals surface area contributed by atoms with Gasteiger partial charge in [0.15, 0.2) is 9.84 Å². The number of aromatic nitrogens is 4. The molecule has 32 heavy (non-hydrogen) atoms. The van der Waals surface area contributed by atoms with Crippen molar-refractivity contribution in [3.63, 3.8) is 0 Å². The molecule has 0 saturated heterocycles. The Hall–Kier alpha value is -3.32. The summed E-state index contributed by atoms with van der Waals surface area (Å²) in [5.74, 6) is 1.70. The predicted octanol–water partition coefficient (Wildman–Crippen LogP) is 4.90. The summed E-state index contributed by atoms with van der Waals surface area (Å²) in [7, 11) is -3.23. The Morgan fingerprint density at radius 2 is 1.72 bits per heavy atom. The lowest BCUT2D eigenvalue weighted by atomic mass is 10.0. The zero-order chi connectivity index (χ0) is 21.9. The van der Waals surface area contributed by atoms with Crippen molar-refractivity contribution in [2.45, 2.75) is 36.1 Å². The molecule has 0 N–H and O–H groups in total. The van der Waals surface area contributed by atoms with E-state index < -0.39 is 9.84 Å². The average Bonchev–Trinajstić information content (AvgIpc) is 3.52. The number of rotatable bonds is 4. The molecule has 0 unspecified atom stereocenters. The van der Waals surface area contributed by atoms with Gasteiger partial charge in [-0.05, 0) is 55.7 Å². The van der Waals surface area contributed by atoms with E-state index in [9.17, 15) is 8.42 Å². The molecule has 1 fully saturated rings. The maximum absolute atomic E-state index is 11.8. The lowest BCUT2D eigenvalue weighted by molar-refractivity contribution is 0.530. The first-order chi connectivity index (χ1) is 15.5. The van der Waals surface area contributed by atoms with Gasteiger partial charge < -0.3 is 4.57 Å². The van der Waals surface area contributed by atoms with Gasteiger partial charge in [0, 0.05) is 41.7 Å². The van der Waals surface area contributed by atoms with E-state index in [4.69, 9.17) is 4.98 Å². The minimum atomic E-state index is -3.23. The minimum absolute atomic E-state index is 0.305. The smallest absolute Gasteiger partial charge is 0.175 e. The van der Waals surface area contributed by atoms with E-state index in [-0.39, 0.29) is 0 Å². The topological polar surface area (TPSA) is 77.7 Å². The monoisotopic (exact) mass is 442 g/mol. The van der Waals surface area contributed by atoms with Crippen molar-refractivity contribution in [1.82, 2.24) is 19.5 Å². The number of sulfone groups is 1. The maximum atomic E-state index is 11.8. The van der Waals surface area contributed by atoms with Crippen LogP contribution in [0.3, 0.4) is 0 Å². The van der Waals surface area contributed by atoms with Gasteiger partial charge in [-0.25, -0.2) is 13.4 Å². The fourth-order valence-corrected chi connectivity index (χ4v) is 5.73. The Bertz CT molecular complexity index is 1430. The maximum Gasteiger partial charge on any atom is 0.175 e. The Morgan fingerprint density at radius 1 is 0.906 bits per heavy atom. The van der Waals surface area contributed by atoms with E-state index in [0.717, 1.165) is 33.9 Å². The predicted molar refractivity (Wildman–Crippen MR) is 123 cm³/mol. The second-order valence-electron chi connectivity index (χ2n) is 8.64. The van der Waals surface area contributed by atoms with Gasteiger partial charge in [0.25, 0.3) is 0 Å². The number of nitrogens with zero attached hydrogens (tertiary/aromatic N) is 4. The van der Waals surface area contributed by atoms with E-state index in [0.29, 0.717) is 16.9 Å². The molecule has 4 aromatic rings. The molecule has 0 amide bonds. The SMILES string of the molecule is CS(=O)(=O)c1ccc(-c2cc(-c3c(-c4ccccn4)nc4n3[C@@H]3CC[C@H]4C3)ccn2)cc1. The van der Waals surface area contributed by atoms with Gasteiger partial charge in [0.05, 0.1) is 22.0 Å². The lowest BCUT2D eigenvalue weighted by Crippen LogP contribution is -2.08. The highest BCUT2D eigenvalue weighted by Crippen LogP contribution is 2.52. The van der Waals surface area contributed by atoms with Crippen molar-refractivity contribution >= 4 is 9.84 Å². The number of fused-ring (bicyclic) bond motifs is 5. The second kappa shape index (κ2) is 7.10.